The number of sulfone groups is 1. The summed E-state index contributed by atoms with van der Waals surface area (Å²) in [5.74, 6) is 0.106. The number of thiazole rings is 1. The highest BCUT2D eigenvalue weighted by atomic mass is 32.2. The van der Waals surface area contributed by atoms with Crippen LogP contribution in [0.1, 0.15) is 19.3 Å². The molecule has 0 aliphatic carbocycles. The third-order valence-corrected chi connectivity index (χ3v) is 7.44. The molecular weight excluding hydrogens is 448 g/mol. The van der Waals surface area contributed by atoms with Gasteiger partial charge < -0.3 is 15.3 Å². The van der Waals surface area contributed by atoms with Crippen molar-refractivity contribution in [3.8, 4) is 11.1 Å². The van der Waals surface area contributed by atoms with E-state index < -0.39 is 16.2 Å². The zero-order valence-electron chi connectivity index (χ0n) is 17.7. The highest BCUT2D eigenvalue weighted by Gasteiger charge is 2.18. The van der Waals surface area contributed by atoms with E-state index in [9.17, 15) is 18.3 Å². The fourth-order valence-electron chi connectivity index (χ4n) is 3.68. The zero-order valence-corrected chi connectivity index (χ0v) is 19.4. The van der Waals surface area contributed by atoms with Gasteiger partial charge in [0.1, 0.15) is 0 Å². The molecular formula is C22H26N4O4S2. The molecule has 2 heterocycles. The van der Waals surface area contributed by atoms with Crippen LogP contribution < -0.4 is 10.6 Å². The van der Waals surface area contributed by atoms with E-state index in [-0.39, 0.29) is 10.8 Å². The predicted molar refractivity (Wildman–Crippen MR) is 126 cm³/mol. The van der Waals surface area contributed by atoms with Crippen LogP contribution in [0.15, 0.2) is 47.4 Å². The van der Waals surface area contributed by atoms with Crippen LogP contribution in [-0.4, -0.2) is 61.6 Å². The van der Waals surface area contributed by atoms with E-state index in [0.717, 1.165) is 47.3 Å². The van der Waals surface area contributed by atoms with Crippen LogP contribution in [0.25, 0.3) is 21.3 Å². The number of aliphatic hydroxyl groups is 1. The maximum atomic E-state index is 12.1. The number of amides is 1. The first-order valence-electron chi connectivity index (χ1n) is 10.5. The van der Waals surface area contributed by atoms with Crippen molar-refractivity contribution in [1.82, 2.24) is 15.2 Å². The van der Waals surface area contributed by atoms with Crippen LogP contribution >= 0.6 is 11.3 Å². The number of hydrogen-bond donors (Lipinski definition) is 3. The average Bonchev–Trinajstić information content (AvgIpc) is 3.42. The van der Waals surface area contributed by atoms with Gasteiger partial charge in [-0.15, -0.1) is 0 Å². The predicted octanol–water partition coefficient (Wildman–Crippen LogP) is 2.66. The minimum absolute atomic E-state index is 0.106. The standard InChI is InChI=1S/C22H26N4O4S2/c1-32(29,30)17-6-4-5-15(13-17)16-7-8-18-19(14-16)31-22(24-18)25-21(28)23-10-9-20(27)26-11-2-3-12-26/h4-8,13-14,21,23,28H,2-3,9-12H2,1H3,(H,24,25). The number of aliphatic hydroxyl groups excluding tert-OH is 1. The van der Waals surface area contributed by atoms with Gasteiger partial charge in [0.15, 0.2) is 21.3 Å². The Labute approximate surface area is 191 Å². The molecule has 10 heteroatoms. The first-order valence-corrected chi connectivity index (χ1v) is 13.2. The number of benzene rings is 2. The van der Waals surface area contributed by atoms with Gasteiger partial charge >= 0.3 is 0 Å². The third kappa shape index (κ3) is 5.44. The molecule has 0 saturated carbocycles. The number of likely N-dealkylation sites (tertiary alicyclic amines) is 1. The number of carbonyl (C=O) groups is 1. The second-order valence-corrected chi connectivity index (χ2v) is 10.9. The van der Waals surface area contributed by atoms with Gasteiger partial charge in [0.25, 0.3) is 0 Å². The molecule has 2 aromatic carbocycles. The van der Waals surface area contributed by atoms with E-state index >= 15 is 0 Å². The molecule has 170 valence electrons. The number of carbonyl (C=O) groups excluding carboxylic acids is 1. The van der Waals surface area contributed by atoms with Crippen molar-refractivity contribution in [3.63, 3.8) is 0 Å². The van der Waals surface area contributed by atoms with Gasteiger partial charge in [-0.25, -0.2) is 13.4 Å². The molecule has 3 N–H and O–H groups in total. The summed E-state index contributed by atoms with van der Waals surface area (Å²) < 4.78 is 24.6. The third-order valence-electron chi connectivity index (χ3n) is 5.38. The lowest BCUT2D eigenvalue weighted by Gasteiger charge is -2.17. The van der Waals surface area contributed by atoms with Crippen LogP contribution in [0.4, 0.5) is 5.13 Å². The summed E-state index contributed by atoms with van der Waals surface area (Å²) in [6, 6.07) is 12.6. The molecule has 1 atom stereocenters. The SMILES string of the molecule is CS(=O)(=O)c1cccc(-c2ccc3nc(NC(O)NCCC(=O)N4CCCC4)sc3c2)c1. The molecule has 1 aromatic heterocycles. The molecule has 8 nitrogen and oxygen atoms in total. The zero-order chi connectivity index (χ0) is 22.7. The van der Waals surface area contributed by atoms with Gasteiger partial charge in [0.05, 0.1) is 15.1 Å². The van der Waals surface area contributed by atoms with E-state index in [4.69, 9.17) is 0 Å². The summed E-state index contributed by atoms with van der Waals surface area (Å²) in [6.07, 6.45) is 2.64. The Morgan fingerprint density at radius 3 is 2.69 bits per heavy atom. The van der Waals surface area contributed by atoms with E-state index in [1.807, 2.05) is 29.2 Å². The maximum absolute atomic E-state index is 12.1. The number of anilines is 1. The van der Waals surface area contributed by atoms with E-state index in [2.05, 4.69) is 15.6 Å². The molecule has 1 amide bonds. The van der Waals surface area contributed by atoms with Crippen LogP contribution in [0.3, 0.4) is 0 Å². The Kier molecular flexibility index (Phi) is 6.75. The summed E-state index contributed by atoms with van der Waals surface area (Å²) in [6.45, 7) is 2.02. The Morgan fingerprint density at radius 1 is 1.19 bits per heavy atom. The Balaban J connectivity index is 1.39. The molecule has 1 aliphatic rings. The number of nitrogens with zero attached hydrogens (tertiary/aromatic N) is 2. The second kappa shape index (κ2) is 9.53. The summed E-state index contributed by atoms with van der Waals surface area (Å²) in [7, 11) is -3.28. The summed E-state index contributed by atoms with van der Waals surface area (Å²) >= 11 is 1.39. The van der Waals surface area contributed by atoms with Crippen LogP contribution in [0, 0.1) is 0 Å². The molecule has 0 bridgehead atoms. The Morgan fingerprint density at radius 2 is 1.94 bits per heavy atom. The fourth-order valence-corrected chi connectivity index (χ4v) is 5.27. The van der Waals surface area contributed by atoms with Crippen LogP contribution in [-0.2, 0) is 14.6 Å². The number of fused-ring (bicyclic) bond motifs is 1. The lowest BCUT2D eigenvalue weighted by atomic mass is 10.1. The second-order valence-electron chi connectivity index (χ2n) is 7.84. The minimum Gasteiger partial charge on any atom is -0.361 e. The normalized spacial score (nSPS) is 15.2. The molecule has 1 aliphatic heterocycles. The van der Waals surface area contributed by atoms with Crippen molar-refractivity contribution in [2.75, 3.05) is 31.2 Å². The molecule has 1 saturated heterocycles. The van der Waals surface area contributed by atoms with Crippen molar-refractivity contribution < 1.29 is 18.3 Å². The molecule has 1 fully saturated rings. The lowest BCUT2D eigenvalue weighted by Crippen LogP contribution is -2.38. The van der Waals surface area contributed by atoms with Crippen LogP contribution in [0.5, 0.6) is 0 Å². The number of rotatable bonds is 8. The number of aromatic nitrogens is 1. The smallest absolute Gasteiger partial charge is 0.223 e. The van der Waals surface area contributed by atoms with Crippen molar-refractivity contribution in [2.45, 2.75) is 30.5 Å². The monoisotopic (exact) mass is 474 g/mol. The molecule has 1 unspecified atom stereocenters. The van der Waals surface area contributed by atoms with Gasteiger partial charge in [-0.1, -0.05) is 29.5 Å². The molecule has 32 heavy (non-hydrogen) atoms. The highest BCUT2D eigenvalue weighted by molar-refractivity contribution is 7.90. The van der Waals surface area contributed by atoms with Crippen molar-refractivity contribution >= 4 is 42.4 Å². The van der Waals surface area contributed by atoms with Gasteiger partial charge in [-0.05, 0) is 48.2 Å². The maximum Gasteiger partial charge on any atom is 0.223 e. The highest BCUT2D eigenvalue weighted by Crippen LogP contribution is 2.31. The molecule has 4 rings (SSSR count). The minimum atomic E-state index is -3.28. The van der Waals surface area contributed by atoms with Crippen LogP contribution in [0.2, 0.25) is 0 Å². The largest absolute Gasteiger partial charge is 0.361 e. The summed E-state index contributed by atoms with van der Waals surface area (Å²) in [5, 5.41) is 16.6. The van der Waals surface area contributed by atoms with Gasteiger partial charge in [0, 0.05) is 32.3 Å². The van der Waals surface area contributed by atoms with Crippen molar-refractivity contribution in [3.05, 3.63) is 42.5 Å². The van der Waals surface area contributed by atoms with Gasteiger partial charge in [0.2, 0.25) is 5.91 Å². The van der Waals surface area contributed by atoms with Crippen molar-refractivity contribution in [1.29, 1.82) is 0 Å². The quantitative estimate of drug-likeness (QED) is 0.430. The molecule has 0 radical (unpaired) electrons. The van der Waals surface area contributed by atoms with E-state index in [0.29, 0.717) is 18.1 Å². The first kappa shape index (κ1) is 22.7. The van der Waals surface area contributed by atoms with E-state index in [1.165, 1.54) is 17.6 Å². The molecule has 3 aromatic rings. The Hall–Kier alpha value is -2.53. The Bertz CT molecular complexity index is 1220. The van der Waals surface area contributed by atoms with Gasteiger partial charge in [-0.2, -0.15) is 0 Å². The van der Waals surface area contributed by atoms with E-state index in [1.54, 1.807) is 18.2 Å². The number of hydrogen-bond acceptors (Lipinski definition) is 8. The van der Waals surface area contributed by atoms with Gasteiger partial charge in [-0.3, -0.25) is 10.1 Å². The topological polar surface area (TPSA) is 112 Å². The first-order chi connectivity index (χ1) is 15.3. The lowest BCUT2D eigenvalue weighted by molar-refractivity contribution is -0.130. The van der Waals surface area contributed by atoms with Crippen molar-refractivity contribution in [2.24, 2.45) is 0 Å². The summed E-state index contributed by atoms with van der Waals surface area (Å²) in [4.78, 5) is 18.7. The number of nitrogens with one attached hydrogen (secondary N) is 2. The fraction of sp³-hybridized carbons (Fsp3) is 0.364. The molecule has 0 spiro atoms. The summed E-state index contributed by atoms with van der Waals surface area (Å²) in [5.41, 5.74) is 2.47. The average molecular weight is 475 g/mol.